The molecule has 0 bridgehead atoms. The Hall–Kier alpha value is -2.76. The number of anilines is 1. The van der Waals surface area contributed by atoms with Gasteiger partial charge in [-0.05, 0) is 42.7 Å². The van der Waals surface area contributed by atoms with Crippen molar-refractivity contribution in [3.05, 3.63) is 53.7 Å². The van der Waals surface area contributed by atoms with Gasteiger partial charge in [0.25, 0.3) is 0 Å². The lowest BCUT2D eigenvalue weighted by Gasteiger charge is -2.10. The van der Waals surface area contributed by atoms with Crippen molar-refractivity contribution < 1.29 is 13.6 Å². The second kappa shape index (κ2) is 6.63. The fraction of sp³-hybridized carbons (Fsp3) is 0.263. The van der Waals surface area contributed by atoms with Crippen LogP contribution in [0, 0.1) is 24.5 Å². The van der Waals surface area contributed by atoms with Crippen molar-refractivity contribution in [1.82, 2.24) is 9.38 Å². The normalized spacial score (nSPS) is 11.3. The lowest BCUT2D eigenvalue weighted by atomic mass is 10.1. The molecular formula is C19H19F2N3O. The van der Waals surface area contributed by atoms with Gasteiger partial charge in [0, 0.05) is 18.2 Å². The van der Waals surface area contributed by atoms with Gasteiger partial charge in [-0.25, -0.2) is 13.8 Å². The summed E-state index contributed by atoms with van der Waals surface area (Å²) >= 11 is 0. The Labute approximate surface area is 144 Å². The summed E-state index contributed by atoms with van der Waals surface area (Å²) in [7, 11) is 0. The van der Waals surface area contributed by atoms with Gasteiger partial charge >= 0.3 is 0 Å². The van der Waals surface area contributed by atoms with E-state index >= 15 is 0 Å². The first-order valence-electron chi connectivity index (χ1n) is 8.09. The molecule has 1 amide bonds. The Balaban J connectivity index is 2.18. The minimum atomic E-state index is -0.984. The Morgan fingerprint density at radius 2 is 2.04 bits per heavy atom. The third-order valence-electron chi connectivity index (χ3n) is 3.84. The molecule has 130 valence electrons. The number of hydrogen-bond acceptors (Lipinski definition) is 2. The highest BCUT2D eigenvalue weighted by Crippen LogP contribution is 2.32. The van der Waals surface area contributed by atoms with Gasteiger partial charge in [0.1, 0.15) is 17.2 Å². The summed E-state index contributed by atoms with van der Waals surface area (Å²) in [5.41, 5.74) is 1.75. The lowest BCUT2D eigenvalue weighted by molar-refractivity contribution is -0.116. The Morgan fingerprint density at radius 3 is 2.76 bits per heavy atom. The molecule has 0 aliphatic heterocycles. The number of aromatic nitrogens is 2. The third kappa shape index (κ3) is 3.38. The first kappa shape index (κ1) is 17.1. The monoisotopic (exact) mass is 343 g/mol. The number of nitrogens with zero attached hydrogens (tertiary/aromatic N) is 2. The van der Waals surface area contributed by atoms with Crippen LogP contribution in [-0.4, -0.2) is 15.3 Å². The van der Waals surface area contributed by atoms with Gasteiger partial charge in [0.05, 0.1) is 0 Å². The zero-order valence-electron chi connectivity index (χ0n) is 14.3. The molecule has 4 nitrogen and oxygen atoms in total. The average Bonchev–Trinajstić information content (AvgIpc) is 2.86. The molecule has 1 aromatic carbocycles. The molecular weight excluding hydrogens is 324 g/mol. The van der Waals surface area contributed by atoms with Gasteiger partial charge < -0.3 is 5.32 Å². The van der Waals surface area contributed by atoms with Crippen LogP contribution >= 0.6 is 0 Å². The molecule has 2 heterocycles. The van der Waals surface area contributed by atoms with Crippen molar-refractivity contribution >= 4 is 17.4 Å². The smallest absolute Gasteiger partial charge is 0.225 e. The molecule has 3 aromatic rings. The summed E-state index contributed by atoms with van der Waals surface area (Å²) in [4.78, 5) is 16.7. The topological polar surface area (TPSA) is 46.4 Å². The maximum atomic E-state index is 14.3. The molecule has 3 rings (SSSR count). The van der Waals surface area contributed by atoms with Crippen LogP contribution in [0.25, 0.3) is 16.9 Å². The van der Waals surface area contributed by atoms with E-state index in [1.54, 1.807) is 10.6 Å². The molecule has 0 unspecified atom stereocenters. The lowest BCUT2D eigenvalue weighted by Crippen LogP contribution is -2.15. The Bertz CT molecular complexity index is 947. The fourth-order valence-corrected chi connectivity index (χ4v) is 2.69. The van der Waals surface area contributed by atoms with E-state index in [2.05, 4.69) is 10.3 Å². The second-order valence-electron chi connectivity index (χ2n) is 6.49. The number of aryl methyl sites for hydroxylation is 1. The summed E-state index contributed by atoms with van der Waals surface area (Å²) in [6, 6.07) is 7.60. The van der Waals surface area contributed by atoms with Gasteiger partial charge in [0.2, 0.25) is 5.91 Å². The van der Waals surface area contributed by atoms with Crippen LogP contribution in [-0.2, 0) is 4.79 Å². The van der Waals surface area contributed by atoms with Crippen LogP contribution in [0.15, 0.2) is 36.5 Å². The summed E-state index contributed by atoms with van der Waals surface area (Å²) in [6.45, 7) is 5.78. The number of hydrogen-bond donors (Lipinski definition) is 1. The largest absolute Gasteiger partial charge is 0.310 e. The number of fused-ring (bicyclic) bond motifs is 1. The zero-order valence-corrected chi connectivity index (χ0v) is 14.3. The van der Waals surface area contributed by atoms with Gasteiger partial charge in [0.15, 0.2) is 11.6 Å². The number of nitrogens with one attached hydrogen (secondary N) is 1. The number of amides is 1. The standard InChI is InChI=1S/C19H19F2N3O/c1-11(2)9-16(25)23-19-18(13-5-4-6-14(20)17(13)21)22-15-10-12(3)7-8-24(15)19/h4-8,10-11H,9H2,1-3H3,(H,23,25). The SMILES string of the molecule is Cc1ccn2c(NC(=O)CC(C)C)c(-c3cccc(F)c3F)nc2c1. The molecule has 6 heteroatoms. The Kier molecular flexibility index (Phi) is 4.53. The number of imidazole rings is 1. The van der Waals surface area contributed by atoms with Crippen LogP contribution in [0.1, 0.15) is 25.8 Å². The summed E-state index contributed by atoms with van der Waals surface area (Å²) < 4.78 is 29.6. The second-order valence-corrected chi connectivity index (χ2v) is 6.49. The molecule has 0 radical (unpaired) electrons. The molecule has 25 heavy (non-hydrogen) atoms. The van der Waals surface area contributed by atoms with Crippen molar-refractivity contribution in [3.8, 4) is 11.3 Å². The maximum absolute atomic E-state index is 14.3. The molecule has 0 saturated heterocycles. The first-order valence-corrected chi connectivity index (χ1v) is 8.09. The van der Waals surface area contributed by atoms with E-state index in [1.165, 1.54) is 12.1 Å². The number of pyridine rings is 1. The molecule has 0 atom stereocenters. The Morgan fingerprint density at radius 1 is 1.28 bits per heavy atom. The highest BCUT2D eigenvalue weighted by atomic mass is 19.2. The van der Waals surface area contributed by atoms with Gasteiger partial charge in [-0.2, -0.15) is 0 Å². The number of carbonyl (C=O) groups excluding carboxylic acids is 1. The van der Waals surface area contributed by atoms with Gasteiger partial charge in [-0.1, -0.05) is 19.9 Å². The van der Waals surface area contributed by atoms with E-state index in [4.69, 9.17) is 0 Å². The molecule has 2 aromatic heterocycles. The molecule has 0 aliphatic carbocycles. The summed E-state index contributed by atoms with van der Waals surface area (Å²) in [5, 5.41) is 2.80. The van der Waals surface area contributed by atoms with Crippen LogP contribution in [0.4, 0.5) is 14.6 Å². The van der Waals surface area contributed by atoms with E-state index in [0.717, 1.165) is 11.6 Å². The predicted octanol–water partition coefficient (Wildman–Crippen LogP) is 4.57. The van der Waals surface area contributed by atoms with Gasteiger partial charge in [-0.3, -0.25) is 9.20 Å². The fourth-order valence-electron chi connectivity index (χ4n) is 2.69. The summed E-state index contributed by atoms with van der Waals surface area (Å²) in [6.07, 6.45) is 2.08. The molecule has 1 N–H and O–H groups in total. The highest BCUT2D eigenvalue weighted by Gasteiger charge is 2.21. The van der Waals surface area contributed by atoms with Crippen molar-refractivity contribution in [3.63, 3.8) is 0 Å². The minimum absolute atomic E-state index is 0.0150. The van der Waals surface area contributed by atoms with Crippen molar-refractivity contribution in [2.45, 2.75) is 27.2 Å². The van der Waals surface area contributed by atoms with Crippen molar-refractivity contribution in [2.24, 2.45) is 5.92 Å². The number of carbonyl (C=O) groups is 1. The maximum Gasteiger partial charge on any atom is 0.225 e. The first-order chi connectivity index (χ1) is 11.9. The van der Waals surface area contributed by atoms with Crippen LogP contribution in [0.5, 0.6) is 0 Å². The molecule has 0 spiro atoms. The third-order valence-corrected chi connectivity index (χ3v) is 3.84. The predicted molar refractivity (Wildman–Crippen MR) is 93.4 cm³/mol. The van der Waals surface area contributed by atoms with Gasteiger partial charge in [-0.15, -0.1) is 0 Å². The highest BCUT2D eigenvalue weighted by molar-refractivity contribution is 5.94. The van der Waals surface area contributed by atoms with E-state index in [9.17, 15) is 13.6 Å². The number of benzene rings is 1. The van der Waals surface area contributed by atoms with E-state index in [-0.39, 0.29) is 23.1 Å². The summed E-state index contributed by atoms with van der Waals surface area (Å²) in [5.74, 6) is -1.62. The minimum Gasteiger partial charge on any atom is -0.310 e. The average molecular weight is 343 g/mol. The molecule has 0 saturated carbocycles. The van der Waals surface area contributed by atoms with Crippen LogP contribution < -0.4 is 5.32 Å². The quantitative estimate of drug-likeness (QED) is 0.754. The van der Waals surface area contributed by atoms with E-state index in [0.29, 0.717) is 17.9 Å². The van der Waals surface area contributed by atoms with E-state index < -0.39 is 11.6 Å². The number of halogens is 2. The number of rotatable bonds is 4. The molecule has 0 aliphatic rings. The van der Waals surface area contributed by atoms with Crippen molar-refractivity contribution in [1.29, 1.82) is 0 Å². The van der Waals surface area contributed by atoms with Crippen LogP contribution in [0.2, 0.25) is 0 Å². The van der Waals surface area contributed by atoms with Crippen molar-refractivity contribution in [2.75, 3.05) is 5.32 Å². The zero-order chi connectivity index (χ0) is 18.1. The van der Waals surface area contributed by atoms with Crippen LogP contribution in [0.3, 0.4) is 0 Å². The van der Waals surface area contributed by atoms with E-state index in [1.807, 2.05) is 32.9 Å². The molecule has 0 fully saturated rings.